The summed E-state index contributed by atoms with van der Waals surface area (Å²) in [6.45, 7) is 5.82. The normalized spacial score (nSPS) is 18.5. The first-order chi connectivity index (χ1) is 42.7. The molecule has 1 aliphatic rings. The lowest BCUT2D eigenvalue weighted by Crippen LogP contribution is -2.61. The maximum absolute atomic E-state index is 13.5. The molecule has 8 atom stereocenters. The second-order valence-electron chi connectivity index (χ2n) is 26.0. The molecule has 0 aromatic heterocycles. The van der Waals surface area contributed by atoms with Crippen molar-refractivity contribution in [1.82, 2.24) is 5.32 Å². The van der Waals surface area contributed by atoms with Gasteiger partial charge in [-0.15, -0.1) is 0 Å². The molecule has 11 heteroatoms. The minimum Gasteiger partial charge on any atom is -0.454 e. The predicted octanol–water partition coefficient (Wildman–Crippen LogP) is 19.5. The average molecular weight is 1230 g/mol. The monoisotopic (exact) mass is 1230 g/mol. The summed E-state index contributed by atoms with van der Waals surface area (Å²) in [7, 11) is 0. The SMILES string of the molecule is CCCCC/C=C\C/C=C\C/C=C\CCCCCCCCCCCCCCCCC(=O)OC1C(OCC(NC(=O)C(O)CCCCCCCCCCCCCCCCCCCC)C(O)/C=C/CCCCCCCCCCCCC)OC(CO)C(O)C1O. The Morgan fingerprint density at radius 1 is 0.448 bits per heavy atom. The summed E-state index contributed by atoms with van der Waals surface area (Å²) in [5.74, 6) is -1.18. The molecule has 0 saturated carbocycles. The first-order valence-corrected chi connectivity index (χ1v) is 37.4. The third-order valence-electron chi connectivity index (χ3n) is 17.7. The number of hydrogen-bond acceptors (Lipinski definition) is 10. The van der Waals surface area contributed by atoms with Crippen LogP contribution < -0.4 is 5.32 Å². The molecule has 0 aliphatic carbocycles. The molecule has 1 saturated heterocycles. The van der Waals surface area contributed by atoms with Gasteiger partial charge in [-0.2, -0.15) is 0 Å². The molecule has 87 heavy (non-hydrogen) atoms. The maximum Gasteiger partial charge on any atom is 0.306 e. The summed E-state index contributed by atoms with van der Waals surface area (Å²) in [6, 6.07) is -1.02. The van der Waals surface area contributed by atoms with Gasteiger partial charge in [-0.3, -0.25) is 9.59 Å². The third-order valence-corrected chi connectivity index (χ3v) is 17.7. The molecule has 0 bridgehead atoms. The van der Waals surface area contributed by atoms with Gasteiger partial charge < -0.3 is 45.1 Å². The smallest absolute Gasteiger partial charge is 0.306 e. The van der Waals surface area contributed by atoms with Crippen LogP contribution in [0.3, 0.4) is 0 Å². The molecule has 1 rings (SSSR count). The van der Waals surface area contributed by atoms with Crippen LogP contribution in [0.1, 0.15) is 361 Å². The molecule has 0 aromatic rings. The molecule has 0 radical (unpaired) electrons. The number of nitrogens with one attached hydrogen (secondary N) is 1. The van der Waals surface area contributed by atoms with Crippen LogP contribution in [0.25, 0.3) is 0 Å². The first-order valence-electron chi connectivity index (χ1n) is 37.4. The van der Waals surface area contributed by atoms with Crippen LogP contribution in [0, 0.1) is 0 Å². The summed E-state index contributed by atoms with van der Waals surface area (Å²) in [4.78, 5) is 26.7. The molecule has 0 aromatic carbocycles. The highest BCUT2D eigenvalue weighted by Gasteiger charge is 2.47. The quantitative estimate of drug-likeness (QED) is 0.0195. The Morgan fingerprint density at radius 3 is 1.21 bits per heavy atom. The third kappa shape index (κ3) is 50.9. The van der Waals surface area contributed by atoms with Crippen LogP contribution in [0.5, 0.6) is 0 Å². The standard InChI is InChI=1S/C76H141NO10/c1-4-7-10-13-16-19-22-25-27-29-31-32-33-34-35-36-37-38-39-41-43-46-49-52-55-58-61-64-71(81)87-74-73(83)72(82)70(65-78)86-76(74)85-66-67(68(79)62-59-56-53-50-47-44-24-21-18-15-12-9-6-3)77-75(84)69(80)63-60-57-54-51-48-45-42-40-30-28-26-23-20-17-14-11-8-5-2/h16,19,25,27,31-32,59,62,67-70,72-74,76,78-80,82-83H,4-15,17-18,20-24,26,28-30,33-58,60-61,63-66H2,1-3H3,(H,77,84)/b19-16-,27-25-,32-31-,62-59+. The van der Waals surface area contributed by atoms with Gasteiger partial charge in [0, 0.05) is 6.42 Å². The van der Waals surface area contributed by atoms with Crippen molar-refractivity contribution >= 4 is 11.9 Å². The van der Waals surface area contributed by atoms with Crippen molar-refractivity contribution in [3.8, 4) is 0 Å². The average Bonchev–Trinajstić information content (AvgIpc) is 2.51. The van der Waals surface area contributed by atoms with E-state index in [0.29, 0.717) is 19.3 Å². The minimum absolute atomic E-state index is 0.125. The van der Waals surface area contributed by atoms with Gasteiger partial charge in [-0.05, 0) is 64.2 Å². The van der Waals surface area contributed by atoms with E-state index in [1.54, 1.807) is 6.08 Å². The van der Waals surface area contributed by atoms with E-state index >= 15 is 0 Å². The van der Waals surface area contributed by atoms with Crippen LogP contribution in [-0.4, -0.2) is 99.6 Å². The molecule has 1 aliphatic heterocycles. The Hall–Kier alpha value is -2.38. The zero-order valence-electron chi connectivity index (χ0n) is 56.9. The van der Waals surface area contributed by atoms with Crippen LogP contribution in [0.4, 0.5) is 0 Å². The number of hydrogen-bond donors (Lipinski definition) is 6. The highest BCUT2D eigenvalue weighted by Crippen LogP contribution is 2.27. The van der Waals surface area contributed by atoms with E-state index in [1.165, 1.54) is 244 Å². The molecule has 510 valence electrons. The summed E-state index contributed by atoms with van der Waals surface area (Å²) >= 11 is 0. The molecule has 1 fully saturated rings. The van der Waals surface area contributed by atoms with Crippen molar-refractivity contribution < 1.29 is 49.3 Å². The number of amides is 1. The lowest BCUT2D eigenvalue weighted by atomic mass is 9.99. The van der Waals surface area contributed by atoms with Crippen LogP contribution >= 0.6 is 0 Å². The Bertz CT molecular complexity index is 1600. The van der Waals surface area contributed by atoms with E-state index < -0.39 is 67.4 Å². The van der Waals surface area contributed by atoms with E-state index in [1.807, 2.05) is 6.08 Å². The number of allylic oxidation sites excluding steroid dienone is 7. The summed E-state index contributed by atoms with van der Waals surface area (Å²) in [6.07, 6.45) is 70.1. The molecule has 0 spiro atoms. The van der Waals surface area contributed by atoms with Gasteiger partial charge in [0.25, 0.3) is 0 Å². The number of ether oxygens (including phenoxy) is 3. The largest absolute Gasteiger partial charge is 0.454 e. The van der Waals surface area contributed by atoms with E-state index in [0.717, 1.165) is 70.6 Å². The molecule has 1 amide bonds. The second-order valence-corrected chi connectivity index (χ2v) is 26.0. The van der Waals surface area contributed by atoms with Crippen LogP contribution in [-0.2, 0) is 23.8 Å². The molecule has 6 N–H and O–H groups in total. The van der Waals surface area contributed by atoms with E-state index in [9.17, 15) is 35.1 Å². The number of esters is 1. The number of carbonyl (C=O) groups is 2. The van der Waals surface area contributed by atoms with Crippen molar-refractivity contribution in [1.29, 1.82) is 0 Å². The van der Waals surface area contributed by atoms with Crippen molar-refractivity contribution in [2.45, 2.75) is 410 Å². The number of unbranched alkanes of at least 4 members (excludes halogenated alkanes) is 45. The first kappa shape index (κ1) is 82.6. The highest BCUT2D eigenvalue weighted by molar-refractivity contribution is 5.80. The van der Waals surface area contributed by atoms with Gasteiger partial charge in [0.15, 0.2) is 12.4 Å². The Morgan fingerprint density at radius 2 is 0.793 bits per heavy atom. The number of aliphatic hydroxyl groups is 5. The molecular weight excluding hydrogens is 1090 g/mol. The molecule has 1 heterocycles. The lowest BCUT2D eigenvalue weighted by Gasteiger charge is -2.41. The lowest BCUT2D eigenvalue weighted by molar-refractivity contribution is -0.305. The zero-order valence-corrected chi connectivity index (χ0v) is 56.9. The molecule has 11 nitrogen and oxygen atoms in total. The Balaban J connectivity index is 2.53. The summed E-state index contributed by atoms with van der Waals surface area (Å²) in [5, 5.41) is 57.3. The Kier molecular flexibility index (Phi) is 60.6. The molecule has 8 unspecified atom stereocenters. The fourth-order valence-electron chi connectivity index (χ4n) is 11.8. The van der Waals surface area contributed by atoms with Crippen LogP contribution in [0.2, 0.25) is 0 Å². The molecular formula is C76H141NO10. The van der Waals surface area contributed by atoms with Gasteiger partial charge in [0.1, 0.15) is 24.4 Å². The van der Waals surface area contributed by atoms with Gasteiger partial charge in [0.2, 0.25) is 5.91 Å². The zero-order chi connectivity index (χ0) is 63.1. The van der Waals surface area contributed by atoms with E-state index in [4.69, 9.17) is 14.2 Å². The van der Waals surface area contributed by atoms with Crippen molar-refractivity contribution in [2.75, 3.05) is 13.2 Å². The minimum atomic E-state index is -1.61. The van der Waals surface area contributed by atoms with E-state index in [2.05, 4.69) is 62.5 Å². The van der Waals surface area contributed by atoms with Gasteiger partial charge in [-0.1, -0.05) is 339 Å². The van der Waals surface area contributed by atoms with Crippen molar-refractivity contribution in [3.63, 3.8) is 0 Å². The van der Waals surface area contributed by atoms with Gasteiger partial charge in [0.05, 0.1) is 25.4 Å². The summed E-state index contributed by atoms with van der Waals surface area (Å²) in [5.41, 5.74) is 0. The topological polar surface area (TPSA) is 175 Å². The Labute approximate surface area is 536 Å². The van der Waals surface area contributed by atoms with Crippen molar-refractivity contribution in [3.05, 3.63) is 48.6 Å². The fraction of sp³-hybridized carbons (Fsp3) is 0.868. The van der Waals surface area contributed by atoms with E-state index in [-0.39, 0.29) is 13.0 Å². The summed E-state index contributed by atoms with van der Waals surface area (Å²) < 4.78 is 17.7. The number of rotatable bonds is 65. The van der Waals surface area contributed by atoms with Gasteiger partial charge >= 0.3 is 5.97 Å². The predicted molar refractivity (Wildman–Crippen MR) is 366 cm³/mol. The number of aliphatic hydroxyl groups excluding tert-OH is 5. The van der Waals surface area contributed by atoms with Crippen molar-refractivity contribution in [2.24, 2.45) is 0 Å². The maximum atomic E-state index is 13.5. The second kappa shape index (κ2) is 63.8. The fourth-order valence-corrected chi connectivity index (χ4v) is 11.8. The number of carbonyl (C=O) groups excluding carboxylic acids is 2. The highest BCUT2D eigenvalue weighted by atomic mass is 16.7. The van der Waals surface area contributed by atoms with Gasteiger partial charge in [-0.25, -0.2) is 0 Å². The van der Waals surface area contributed by atoms with Crippen LogP contribution in [0.15, 0.2) is 48.6 Å².